The molecule has 0 aliphatic carbocycles. The lowest BCUT2D eigenvalue weighted by Crippen LogP contribution is -1.94. The molecule has 0 spiro atoms. The lowest BCUT2D eigenvalue weighted by atomic mass is 10.1. The van der Waals surface area contributed by atoms with Crippen molar-refractivity contribution < 1.29 is 9.13 Å². The Labute approximate surface area is 111 Å². The summed E-state index contributed by atoms with van der Waals surface area (Å²) in [6.07, 6.45) is 0. The lowest BCUT2D eigenvalue weighted by Gasteiger charge is -2.12. The second-order valence-corrected chi connectivity index (χ2v) is 4.49. The Hall–Kier alpha value is -1.54. The molecule has 3 heteroatoms. The Morgan fingerprint density at radius 3 is 2.33 bits per heavy atom. The summed E-state index contributed by atoms with van der Waals surface area (Å²) in [6, 6.07) is 10.6. The summed E-state index contributed by atoms with van der Waals surface area (Å²) in [4.78, 5) is 0. The van der Waals surface area contributed by atoms with Crippen LogP contribution in [0.5, 0.6) is 11.5 Å². The van der Waals surface area contributed by atoms with Crippen molar-refractivity contribution in [2.75, 3.05) is 0 Å². The number of aryl methyl sites for hydroxylation is 2. The molecule has 0 N–H and O–H groups in total. The van der Waals surface area contributed by atoms with Gasteiger partial charge >= 0.3 is 0 Å². The summed E-state index contributed by atoms with van der Waals surface area (Å²) in [7, 11) is 0. The van der Waals surface area contributed by atoms with Gasteiger partial charge in [-0.25, -0.2) is 4.39 Å². The molecule has 0 saturated carbocycles. The Kier molecular flexibility index (Phi) is 3.87. The van der Waals surface area contributed by atoms with Crippen molar-refractivity contribution in [3.63, 3.8) is 0 Å². The highest BCUT2D eigenvalue weighted by Gasteiger charge is 2.09. The number of hydrogen-bond donors (Lipinski definition) is 0. The van der Waals surface area contributed by atoms with Gasteiger partial charge in [-0.1, -0.05) is 24.3 Å². The predicted octanol–water partition coefficient (Wildman–Crippen LogP) is 4.97. The number of para-hydroxylation sites is 1. The SMILES string of the molecule is Cc1cccc(C)c1Oc1ccc(CCl)cc1F. The molecule has 0 aliphatic heterocycles. The zero-order valence-electron chi connectivity index (χ0n) is 10.3. The topological polar surface area (TPSA) is 9.23 Å². The molecule has 0 atom stereocenters. The summed E-state index contributed by atoms with van der Waals surface area (Å²) in [6.45, 7) is 3.88. The van der Waals surface area contributed by atoms with E-state index in [4.69, 9.17) is 16.3 Å². The van der Waals surface area contributed by atoms with E-state index in [0.29, 0.717) is 11.6 Å². The van der Waals surface area contributed by atoms with Gasteiger partial charge in [0.25, 0.3) is 0 Å². The first-order valence-electron chi connectivity index (χ1n) is 5.70. The second kappa shape index (κ2) is 5.40. The van der Waals surface area contributed by atoms with Crippen molar-refractivity contribution in [3.05, 3.63) is 58.9 Å². The fraction of sp³-hybridized carbons (Fsp3) is 0.200. The lowest BCUT2D eigenvalue weighted by molar-refractivity contribution is 0.436. The van der Waals surface area contributed by atoms with E-state index >= 15 is 0 Å². The van der Waals surface area contributed by atoms with Crippen molar-refractivity contribution in [1.29, 1.82) is 0 Å². The molecule has 0 unspecified atom stereocenters. The standard InChI is InChI=1S/C15H14ClFO/c1-10-4-3-5-11(2)15(10)18-14-7-6-12(9-16)8-13(14)17/h3-8H,9H2,1-2H3. The molecule has 2 rings (SSSR count). The fourth-order valence-electron chi connectivity index (χ4n) is 1.78. The van der Waals surface area contributed by atoms with Crippen LogP contribution in [0.4, 0.5) is 4.39 Å². The molecule has 0 aromatic heterocycles. The number of alkyl halides is 1. The van der Waals surface area contributed by atoms with Gasteiger partial charge < -0.3 is 4.74 Å². The van der Waals surface area contributed by atoms with E-state index in [2.05, 4.69) is 0 Å². The van der Waals surface area contributed by atoms with Gasteiger partial charge in [0, 0.05) is 5.88 Å². The van der Waals surface area contributed by atoms with Crippen LogP contribution in [-0.4, -0.2) is 0 Å². The van der Waals surface area contributed by atoms with E-state index in [-0.39, 0.29) is 5.75 Å². The molecule has 2 aromatic carbocycles. The number of benzene rings is 2. The first-order valence-corrected chi connectivity index (χ1v) is 6.23. The van der Waals surface area contributed by atoms with Gasteiger partial charge in [0.05, 0.1) is 0 Å². The highest BCUT2D eigenvalue weighted by Crippen LogP contribution is 2.30. The summed E-state index contributed by atoms with van der Waals surface area (Å²) in [5, 5.41) is 0. The second-order valence-electron chi connectivity index (χ2n) is 4.22. The first kappa shape index (κ1) is 12.9. The maximum atomic E-state index is 13.8. The highest BCUT2D eigenvalue weighted by atomic mass is 35.5. The molecular weight excluding hydrogens is 251 g/mol. The molecule has 0 saturated heterocycles. The van der Waals surface area contributed by atoms with Gasteiger partial charge in [-0.3, -0.25) is 0 Å². The van der Waals surface area contributed by atoms with E-state index in [1.807, 2.05) is 32.0 Å². The zero-order valence-corrected chi connectivity index (χ0v) is 11.1. The summed E-state index contributed by atoms with van der Waals surface area (Å²) < 4.78 is 19.5. The smallest absolute Gasteiger partial charge is 0.166 e. The van der Waals surface area contributed by atoms with Crippen LogP contribution in [0.1, 0.15) is 16.7 Å². The van der Waals surface area contributed by atoms with Crippen molar-refractivity contribution in [2.45, 2.75) is 19.7 Å². The minimum Gasteiger partial charge on any atom is -0.454 e. The monoisotopic (exact) mass is 264 g/mol. The number of rotatable bonds is 3. The van der Waals surface area contributed by atoms with Gasteiger partial charge in [-0.15, -0.1) is 11.6 Å². The molecule has 0 heterocycles. The van der Waals surface area contributed by atoms with Gasteiger partial charge in [0.1, 0.15) is 5.75 Å². The number of halogens is 2. The molecule has 0 radical (unpaired) electrons. The van der Waals surface area contributed by atoms with Gasteiger partial charge in [-0.2, -0.15) is 0 Å². The predicted molar refractivity (Wildman–Crippen MR) is 71.9 cm³/mol. The van der Waals surface area contributed by atoms with Gasteiger partial charge in [-0.05, 0) is 42.7 Å². The van der Waals surface area contributed by atoms with Crippen molar-refractivity contribution in [2.24, 2.45) is 0 Å². The molecule has 1 nitrogen and oxygen atoms in total. The van der Waals surface area contributed by atoms with Crippen LogP contribution >= 0.6 is 11.6 Å². The molecule has 0 amide bonds. The average Bonchev–Trinajstić information content (AvgIpc) is 2.35. The molecule has 0 bridgehead atoms. The van der Waals surface area contributed by atoms with Gasteiger partial charge in [0.2, 0.25) is 0 Å². The van der Waals surface area contributed by atoms with E-state index in [1.54, 1.807) is 12.1 Å². The molecule has 2 aromatic rings. The average molecular weight is 265 g/mol. The van der Waals surface area contributed by atoms with Crippen LogP contribution < -0.4 is 4.74 Å². The van der Waals surface area contributed by atoms with E-state index in [0.717, 1.165) is 16.7 Å². The van der Waals surface area contributed by atoms with E-state index < -0.39 is 5.82 Å². The Balaban J connectivity index is 2.34. The van der Waals surface area contributed by atoms with Crippen LogP contribution in [0.2, 0.25) is 0 Å². The number of ether oxygens (including phenoxy) is 1. The molecule has 18 heavy (non-hydrogen) atoms. The quantitative estimate of drug-likeness (QED) is 0.711. The fourth-order valence-corrected chi connectivity index (χ4v) is 1.95. The summed E-state index contributed by atoms with van der Waals surface area (Å²) in [5.74, 6) is 0.827. The normalized spacial score (nSPS) is 10.4. The largest absolute Gasteiger partial charge is 0.454 e. The Bertz CT molecular complexity index is 546. The number of hydrogen-bond acceptors (Lipinski definition) is 1. The van der Waals surface area contributed by atoms with Crippen LogP contribution in [0, 0.1) is 19.7 Å². The molecular formula is C15H14ClFO. The first-order chi connectivity index (χ1) is 8.61. The summed E-state index contributed by atoms with van der Waals surface area (Å²) >= 11 is 5.65. The Morgan fingerprint density at radius 1 is 1.11 bits per heavy atom. The highest BCUT2D eigenvalue weighted by molar-refractivity contribution is 6.17. The third-order valence-electron chi connectivity index (χ3n) is 2.77. The molecule has 0 fully saturated rings. The van der Waals surface area contributed by atoms with E-state index in [1.165, 1.54) is 6.07 Å². The van der Waals surface area contributed by atoms with E-state index in [9.17, 15) is 4.39 Å². The van der Waals surface area contributed by atoms with Crippen LogP contribution in [0.3, 0.4) is 0 Å². The summed E-state index contributed by atoms with van der Waals surface area (Å²) in [5.41, 5.74) is 2.70. The minimum absolute atomic E-state index is 0.223. The minimum atomic E-state index is -0.393. The maximum absolute atomic E-state index is 13.8. The van der Waals surface area contributed by atoms with Crippen molar-refractivity contribution in [1.82, 2.24) is 0 Å². The maximum Gasteiger partial charge on any atom is 0.166 e. The Morgan fingerprint density at radius 2 is 1.78 bits per heavy atom. The van der Waals surface area contributed by atoms with Crippen LogP contribution in [0.15, 0.2) is 36.4 Å². The third kappa shape index (κ3) is 2.65. The van der Waals surface area contributed by atoms with Gasteiger partial charge in [0.15, 0.2) is 11.6 Å². The third-order valence-corrected chi connectivity index (χ3v) is 3.08. The van der Waals surface area contributed by atoms with Crippen LogP contribution in [-0.2, 0) is 5.88 Å². The zero-order chi connectivity index (χ0) is 13.1. The van der Waals surface area contributed by atoms with Crippen LogP contribution in [0.25, 0.3) is 0 Å². The molecule has 94 valence electrons. The van der Waals surface area contributed by atoms with Crippen molar-refractivity contribution >= 4 is 11.6 Å². The van der Waals surface area contributed by atoms with Crippen molar-refractivity contribution in [3.8, 4) is 11.5 Å². The molecule has 0 aliphatic rings.